The first-order valence-electron chi connectivity index (χ1n) is 5.96. The molecule has 0 unspecified atom stereocenters. The van der Waals surface area contributed by atoms with Crippen LogP contribution in [0.15, 0.2) is 18.2 Å². The van der Waals surface area contributed by atoms with E-state index in [9.17, 15) is 15.0 Å². The SMILES string of the molecule is CCCCN(CCBr)C(=O)c1cc(O)cc(O)c1. The van der Waals surface area contributed by atoms with Crippen molar-refractivity contribution in [3.05, 3.63) is 23.8 Å². The topological polar surface area (TPSA) is 60.8 Å². The van der Waals surface area contributed by atoms with Gasteiger partial charge in [-0.1, -0.05) is 29.3 Å². The first kappa shape index (κ1) is 14.8. The number of nitrogens with zero attached hydrogens (tertiary/aromatic N) is 1. The molecule has 4 nitrogen and oxygen atoms in total. The number of unbranched alkanes of at least 4 members (excludes halogenated alkanes) is 1. The zero-order valence-electron chi connectivity index (χ0n) is 10.4. The molecule has 1 aromatic rings. The summed E-state index contributed by atoms with van der Waals surface area (Å²) >= 11 is 3.32. The van der Waals surface area contributed by atoms with E-state index in [0.717, 1.165) is 12.8 Å². The molecule has 100 valence electrons. The van der Waals surface area contributed by atoms with E-state index in [2.05, 4.69) is 22.9 Å². The molecule has 5 heteroatoms. The highest BCUT2D eigenvalue weighted by Crippen LogP contribution is 2.21. The minimum Gasteiger partial charge on any atom is -0.508 e. The van der Waals surface area contributed by atoms with Crippen molar-refractivity contribution in [3.63, 3.8) is 0 Å². The monoisotopic (exact) mass is 315 g/mol. The fraction of sp³-hybridized carbons (Fsp3) is 0.462. The lowest BCUT2D eigenvalue weighted by Gasteiger charge is -2.21. The third-order valence-electron chi connectivity index (χ3n) is 2.57. The number of phenols is 2. The van der Waals surface area contributed by atoms with Crippen LogP contribution in [0.25, 0.3) is 0 Å². The van der Waals surface area contributed by atoms with Gasteiger partial charge >= 0.3 is 0 Å². The molecule has 0 fully saturated rings. The molecule has 0 spiro atoms. The number of benzene rings is 1. The van der Waals surface area contributed by atoms with Gasteiger partial charge in [0.1, 0.15) is 11.5 Å². The first-order valence-corrected chi connectivity index (χ1v) is 7.09. The molecular formula is C13H18BrNO3. The second-order valence-electron chi connectivity index (χ2n) is 4.07. The minimum absolute atomic E-state index is 0.104. The Hall–Kier alpha value is -1.23. The first-order chi connectivity index (χ1) is 8.58. The van der Waals surface area contributed by atoms with Gasteiger partial charge in [-0.05, 0) is 18.6 Å². The van der Waals surface area contributed by atoms with E-state index in [4.69, 9.17) is 0 Å². The fourth-order valence-corrected chi connectivity index (χ4v) is 2.10. The molecule has 0 aromatic heterocycles. The van der Waals surface area contributed by atoms with Crippen molar-refractivity contribution in [2.75, 3.05) is 18.4 Å². The number of rotatable bonds is 6. The highest BCUT2D eigenvalue weighted by molar-refractivity contribution is 9.09. The van der Waals surface area contributed by atoms with Crippen LogP contribution in [0.1, 0.15) is 30.1 Å². The summed E-state index contributed by atoms with van der Waals surface area (Å²) in [6.45, 7) is 3.35. The molecule has 0 saturated heterocycles. The third-order valence-corrected chi connectivity index (χ3v) is 2.93. The van der Waals surface area contributed by atoms with Crippen molar-refractivity contribution in [1.82, 2.24) is 4.90 Å². The summed E-state index contributed by atoms with van der Waals surface area (Å²) in [4.78, 5) is 13.9. The summed E-state index contributed by atoms with van der Waals surface area (Å²) in [5.41, 5.74) is 0.310. The number of carbonyl (C=O) groups is 1. The maximum absolute atomic E-state index is 12.2. The van der Waals surface area contributed by atoms with E-state index >= 15 is 0 Å². The van der Waals surface area contributed by atoms with E-state index in [1.54, 1.807) is 4.90 Å². The number of phenolic OH excluding ortho intramolecular Hbond substituents is 2. The summed E-state index contributed by atoms with van der Waals surface area (Å²) < 4.78 is 0. The van der Waals surface area contributed by atoms with E-state index in [1.807, 2.05) is 0 Å². The predicted octanol–water partition coefficient (Wildman–Crippen LogP) is 2.74. The zero-order chi connectivity index (χ0) is 13.5. The molecular weight excluding hydrogens is 298 g/mol. The van der Waals surface area contributed by atoms with Crippen LogP contribution in [0.5, 0.6) is 11.5 Å². The molecule has 18 heavy (non-hydrogen) atoms. The lowest BCUT2D eigenvalue weighted by Crippen LogP contribution is -2.33. The highest BCUT2D eigenvalue weighted by Gasteiger charge is 2.16. The maximum Gasteiger partial charge on any atom is 0.254 e. The standard InChI is InChI=1S/C13H18BrNO3/c1-2-3-5-15(6-4-14)13(18)10-7-11(16)9-12(17)8-10/h7-9,16-17H,2-6H2,1H3. The molecule has 0 bridgehead atoms. The summed E-state index contributed by atoms with van der Waals surface area (Å²) in [5, 5.41) is 19.5. The van der Waals surface area contributed by atoms with Gasteiger partial charge in [0.25, 0.3) is 5.91 Å². The van der Waals surface area contributed by atoms with Crippen molar-refractivity contribution in [3.8, 4) is 11.5 Å². The van der Waals surface area contributed by atoms with Gasteiger partial charge in [-0.25, -0.2) is 0 Å². The second-order valence-corrected chi connectivity index (χ2v) is 4.87. The Balaban J connectivity index is 2.86. The van der Waals surface area contributed by atoms with Crippen LogP contribution in [0.4, 0.5) is 0 Å². The molecule has 0 aliphatic carbocycles. The van der Waals surface area contributed by atoms with Gasteiger partial charge < -0.3 is 15.1 Å². The Morgan fingerprint density at radius 1 is 1.22 bits per heavy atom. The van der Waals surface area contributed by atoms with Gasteiger partial charge in [-0.15, -0.1) is 0 Å². The van der Waals surface area contributed by atoms with Gasteiger partial charge in [0, 0.05) is 30.0 Å². The van der Waals surface area contributed by atoms with Gasteiger partial charge in [0.2, 0.25) is 0 Å². The minimum atomic E-state index is -0.172. The molecule has 2 N–H and O–H groups in total. The average molecular weight is 316 g/mol. The molecule has 0 atom stereocenters. The molecule has 0 aliphatic rings. The Kier molecular flexibility index (Phi) is 5.98. The average Bonchev–Trinajstić information content (AvgIpc) is 2.32. The van der Waals surface area contributed by atoms with Crippen LogP contribution in [0, 0.1) is 0 Å². The van der Waals surface area contributed by atoms with Crippen LogP contribution in [-0.2, 0) is 0 Å². The van der Waals surface area contributed by atoms with Gasteiger partial charge in [-0.2, -0.15) is 0 Å². The highest BCUT2D eigenvalue weighted by atomic mass is 79.9. The summed E-state index contributed by atoms with van der Waals surface area (Å²) in [6, 6.07) is 3.95. The quantitative estimate of drug-likeness (QED) is 0.793. The van der Waals surface area contributed by atoms with E-state index < -0.39 is 0 Å². The van der Waals surface area contributed by atoms with E-state index in [0.29, 0.717) is 24.0 Å². The Bertz CT molecular complexity index is 389. The molecule has 1 aromatic carbocycles. The largest absolute Gasteiger partial charge is 0.508 e. The number of amides is 1. The number of halogens is 1. The van der Waals surface area contributed by atoms with E-state index in [1.165, 1.54) is 18.2 Å². The molecule has 1 amide bonds. The number of hydrogen-bond donors (Lipinski definition) is 2. The lowest BCUT2D eigenvalue weighted by atomic mass is 10.1. The molecule has 0 radical (unpaired) electrons. The second kappa shape index (κ2) is 7.26. The van der Waals surface area contributed by atoms with Crippen LogP contribution >= 0.6 is 15.9 Å². The van der Waals surface area contributed by atoms with Gasteiger partial charge in [0.15, 0.2) is 0 Å². The molecule has 1 rings (SSSR count). The molecule has 0 aliphatic heterocycles. The fourth-order valence-electron chi connectivity index (χ4n) is 1.67. The summed E-state index contributed by atoms with van der Waals surface area (Å²) in [7, 11) is 0. The van der Waals surface area contributed by atoms with Gasteiger partial charge in [0.05, 0.1) is 0 Å². The maximum atomic E-state index is 12.2. The Morgan fingerprint density at radius 2 is 1.83 bits per heavy atom. The smallest absolute Gasteiger partial charge is 0.254 e. The third kappa shape index (κ3) is 4.22. The van der Waals surface area contributed by atoms with Crippen LogP contribution < -0.4 is 0 Å². The number of carbonyl (C=O) groups excluding carboxylic acids is 1. The lowest BCUT2D eigenvalue weighted by molar-refractivity contribution is 0.0763. The number of hydrogen-bond acceptors (Lipinski definition) is 3. The van der Waals surface area contributed by atoms with Gasteiger partial charge in [-0.3, -0.25) is 4.79 Å². The van der Waals surface area contributed by atoms with Crippen LogP contribution in [0.3, 0.4) is 0 Å². The zero-order valence-corrected chi connectivity index (χ0v) is 12.0. The Morgan fingerprint density at radius 3 is 2.33 bits per heavy atom. The predicted molar refractivity (Wildman–Crippen MR) is 74.4 cm³/mol. The summed E-state index contributed by atoms with van der Waals surface area (Å²) in [6.07, 6.45) is 1.95. The number of aromatic hydroxyl groups is 2. The normalized spacial score (nSPS) is 10.3. The van der Waals surface area contributed by atoms with Crippen molar-refractivity contribution >= 4 is 21.8 Å². The molecule has 0 heterocycles. The van der Waals surface area contributed by atoms with Crippen molar-refractivity contribution in [2.24, 2.45) is 0 Å². The van der Waals surface area contributed by atoms with Crippen molar-refractivity contribution in [2.45, 2.75) is 19.8 Å². The summed E-state index contributed by atoms with van der Waals surface area (Å²) in [5.74, 6) is -0.380. The van der Waals surface area contributed by atoms with Crippen molar-refractivity contribution in [1.29, 1.82) is 0 Å². The molecule has 0 saturated carbocycles. The van der Waals surface area contributed by atoms with Crippen LogP contribution in [0.2, 0.25) is 0 Å². The van der Waals surface area contributed by atoms with E-state index in [-0.39, 0.29) is 17.4 Å². The Labute approximate surface area is 115 Å². The number of alkyl halides is 1. The van der Waals surface area contributed by atoms with Crippen molar-refractivity contribution < 1.29 is 15.0 Å². The van der Waals surface area contributed by atoms with Crippen LogP contribution in [-0.4, -0.2) is 39.4 Å².